The number of rotatable bonds is 5. The van der Waals surface area contributed by atoms with E-state index in [0.717, 1.165) is 11.1 Å². The standard InChI is InChI=1S/C16H15NO2/c18-16(11-14-7-3-1-4-8-14)13-17(19)12-15-9-5-2-6-10-15/h1-10,12H,11,13H2. The highest BCUT2D eigenvalue weighted by molar-refractivity contribution is 5.83. The van der Waals surface area contributed by atoms with Crippen molar-refractivity contribution in [3.63, 3.8) is 0 Å². The van der Waals surface area contributed by atoms with Crippen molar-refractivity contribution in [3.05, 3.63) is 77.0 Å². The van der Waals surface area contributed by atoms with Crippen molar-refractivity contribution in [1.82, 2.24) is 0 Å². The second-order valence-corrected chi connectivity index (χ2v) is 4.32. The lowest BCUT2D eigenvalue weighted by molar-refractivity contribution is -0.439. The first-order valence-corrected chi connectivity index (χ1v) is 6.13. The fourth-order valence-corrected chi connectivity index (χ4v) is 1.80. The monoisotopic (exact) mass is 253 g/mol. The van der Waals surface area contributed by atoms with Gasteiger partial charge in [0, 0.05) is 12.0 Å². The Morgan fingerprint density at radius 3 is 2.21 bits per heavy atom. The molecule has 0 saturated carbocycles. The third kappa shape index (κ3) is 4.39. The maximum absolute atomic E-state index is 11.8. The average molecular weight is 253 g/mol. The van der Waals surface area contributed by atoms with Gasteiger partial charge in [0.25, 0.3) is 0 Å². The van der Waals surface area contributed by atoms with Crippen molar-refractivity contribution in [3.8, 4) is 0 Å². The van der Waals surface area contributed by atoms with E-state index < -0.39 is 0 Å². The SMILES string of the molecule is O=C(Cc1ccccc1)C[N+]([O-])=Cc1ccccc1. The molecule has 0 aromatic heterocycles. The lowest BCUT2D eigenvalue weighted by Crippen LogP contribution is -2.18. The van der Waals surface area contributed by atoms with Crippen molar-refractivity contribution in [1.29, 1.82) is 0 Å². The van der Waals surface area contributed by atoms with Gasteiger partial charge in [-0.3, -0.25) is 4.79 Å². The predicted octanol–water partition coefficient (Wildman–Crippen LogP) is 2.43. The minimum atomic E-state index is -0.121. The van der Waals surface area contributed by atoms with Crippen LogP contribution in [-0.4, -0.2) is 23.3 Å². The molecule has 3 nitrogen and oxygen atoms in total. The van der Waals surface area contributed by atoms with E-state index in [1.54, 1.807) is 0 Å². The summed E-state index contributed by atoms with van der Waals surface area (Å²) in [6.07, 6.45) is 1.73. The van der Waals surface area contributed by atoms with E-state index in [-0.39, 0.29) is 12.3 Å². The molecule has 0 heterocycles. The Labute approximate surface area is 112 Å². The van der Waals surface area contributed by atoms with E-state index >= 15 is 0 Å². The molecule has 0 spiro atoms. The summed E-state index contributed by atoms with van der Waals surface area (Å²) in [5.41, 5.74) is 1.73. The first-order valence-electron chi connectivity index (χ1n) is 6.13. The topological polar surface area (TPSA) is 43.1 Å². The van der Waals surface area contributed by atoms with Gasteiger partial charge in [0.15, 0.2) is 6.21 Å². The van der Waals surface area contributed by atoms with E-state index in [1.807, 2.05) is 60.7 Å². The van der Waals surface area contributed by atoms with E-state index in [0.29, 0.717) is 11.2 Å². The Balaban J connectivity index is 1.94. The Bertz CT molecular complexity index is 562. The van der Waals surface area contributed by atoms with Gasteiger partial charge in [-0.2, -0.15) is 0 Å². The van der Waals surface area contributed by atoms with Gasteiger partial charge in [-0.25, -0.2) is 4.74 Å². The third-order valence-corrected chi connectivity index (χ3v) is 2.67. The second-order valence-electron chi connectivity index (χ2n) is 4.32. The van der Waals surface area contributed by atoms with Crippen LogP contribution < -0.4 is 0 Å². The lowest BCUT2D eigenvalue weighted by atomic mass is 10.1. The van der Waals surface area contributed by atoms with Gasteiger partial charge >= 0.3 is 0 Å². The normalized spacial score (nSPS) is 11.3. The number of ketones is 1. The van der Waals surface area contributed by atoms with Crippen LogP contribution in [0.1, 0.15) is 11.1 Å². The highest BCUT2D eigenvalue weighted by atomic mass is 16.5. The van der Waals surface area contributed by atoms with Crippen LogP contribution in [0.2, 0.25) is 0 Å². The molecule has 0 aliphatic rings. The molecule has 0 atom stereocenters. The highest BCUT2D eigenvalue weighted by Crippen LogP contribution is 2.00. The summed E-state index contributed by atoms with van der Waals surface area (Å²) in [7, 11) is 0. The molecular formula is C16H15NO2. The molecule has 0 saturated heterocycles. The van der Waals surface area contributed by atoms with Crippen molar-refractivity contribution in [2.75, 3.05) is 6.54 Å². The summed E-state index contributed by atoms with van der Waals surface area (Å²) in [5, 5.41) is 11.7. The molecule has 0 radical (unpaired) electrons. The number of hydrogen-bond donors (Lipinski definition) is 0. The van der Waals surface area contributed by atoms with Crippen LogP contribution in [0.3, 0.4) is 0 Å². The molecule has 19 heavy (non-hydrogen) atoms. The third-order valence-electron chi connectivity index (χ3n) is 2.67. The van der Waals surface area contributed by atoms with E-state index in [9.17, 15) is 10.0 Å². The summed E-state index contributed by atoms with van der Waals surface area (Å²) >= 11 is 0. The molecule has 0 aliphatic heterocycles. The Morgan fingerprint density at radius 1 is 1.00 bits per heavy atom. The Kier molecular flexibility index (Phi) is 4.45. The van der Waals surface area contributed by atoms with Gasteiger partial charge in [0.1, 0.15) is 0 Å². The van der Waals surface area contributed by atoms with Crippen molar-refractivity contribution < 1.29 is 9.53 Å². The number of carbonyl (C=O) groups excluding carboxylic acids is 1. The number of carbonyl (C=O) groups is 1. The summed E-state index contributed by atoms with van der Waals surface area (Å²) < 4.78 is 0.681. The van der Waals surface area contributed by atoms with Crippen molar-refractivity contribution in [2.24, 2.45) is 0 Å². The molecule has 0 fully saturated rings. The number of hydroxylamine groups is 1. The van der Waals surface area contributed by atoms with Gasteiger partial charge in [-0.1, -0.05) is 48.5 Å². The van der Waals surface area contributed by atoms with Crippen LogP contribution in [0.4, 0.5) is 0 Å². The molecule has 3 heteroatoms. The van der Waals surface area contributed by atoms with E-state index in [4.69, 9.17) is 0 Å². The van der Waals surface area contributed by atoms with Crippen LogP contribution >= 0.6 is 0 Å². The average Bonchev–Trinajstić information content (AvgIpc) is 2.40. The molecule has 2 aromatic carbocycles. The number of Topliss-reactive ketones (excluding diaryl/α,β-unsaturated/α-hetero) is 1. The first-order chi connectivity index (χ1) is 9.24. The first kappa shape index (κ1) is 13.0. The number of nitrogens with zero attached hydrogens (tertiary/aromatic N) is 1. The molecule has 96 valence electrons. The molecule has 0 aliphatic carbocycles. The van der Waals surface area contributed by atoms with Gasteiger partial charge in [0.2, 0.25) is 12.3 Å². The molecular weight excluding hydrogens is 238 g/mol. The second kappa shape index (κ2) is 6.50. The molecule has 2 aromatic rings. The summed E-state index contributed by atoms with van der Waals surface area (Å²) in [6, 6.07) is 18.7. The maximum atomic E-state index is 11.8. The zero-order valence-corrected chi connectivity index (χ0v) is 10.5. The van der Waals surface area contributed by atoms with Gasteiger partial charge < -0.3 is 5.21 Å². The van der Waals surface area contributed by atoms with Gasteiger partial charge in [0.05, 0.1) is 0 Å². The van der Waals surface area contributed by atoms with E-state index in [1.165, 1.54) is 6.21 Å². The maximum Gasteiger partial charge on any atom is 0.211 e. The number of benzene rings is 2. The highest BCUT2D eigenvalue weighted by Gasteiger charge is 2.08. The van der Waals surface area contributed by atoms with Crippen LogP contribution in [0.5, 0.6) is 0 Å². The van der Waals surface area contributed by atoms with Crippen LogP contribution in [-0.2, 0) is 11.2 Å². The molecule has 0 amide bonds. The van der Waals surface area contributed by atoms with E-state index in [2.05, 4.69) is 0 Å². The summed E-state index contributed by atoms with van der Waals surface area (Å²) in [6.45, 7) is -0.121. The minimum absolute atomic E-state index is 0.0895. The molecule has 0 bridgehead atoms. The van der Waals surface area contributed by atoms with Crippen molar-refractivity contribution in [2.45, 2.75) is 6.42 Å². The largest absolute Gasteiger partial charge is 0.623 e. The summed E-state index contributed by atoms with van der Waals surface area (Å²) in [4.78, 5) is 11.8. The predicted molar refractivity (Wildman–Crippen MR) is 75.3 cm³/mol. The van der Waals surface area contributed by atoms with Crippen LogP contribution in [0.15, 0.2) is 60.7 Å². The molecule has 0 unspecified atom stereocenters. The van der Waals surface area contributed by atoms with Crippen LogP contribution in [0, 0.1) is 5.21 Å². The Morgan fingerprint density at radius 2 is 1.58 bits per heavy atom. The zero-order valence-electron chi connectivity index (χ0n) is 10.5. The van der Waals surface area contributed by atoms with Crippen LogP contribution in [0.25, 0.3) is 0 Å². The molecule has 0 N–H and O–H groups in total. The fraction of sp³-hybridized carbons (Fsp3) is 0.125. The van der Waals surface area contributed by atoms with Gasteiger partial charge in [-0.05, 0) is 17.7 Å². The Hall–Kier alpha value is -2.42. The summed E-state index contributed by atoms with van der Waals surface area (Å²) in [5.74, 6) is -0.0895. The smallest absolute Gasteiger partial charge is 0.211 e. The minimum Gasteiger partial charge on any atom is -0.623 e. The fourth-order valence-electron chi connectivity index (χ4n) is 1.80. The zero-order chi connectivity index (χ0) is 13.5. The van der Waals surface area contributed by atoms with Crippen molar-refractivity contribution >= 4 is 12.0 Å². The van der Waals surface area contributed by atoms with Gasteiger partial charge in [-0.15, -0.1) is 0 Å². The quantitative estimate of drug-likeness (QED) is 0.355. The lowest BCUT2D eigenvalue weighted by Gasteiger charge is -2.03. The number of hydrogen-bond acceptors (Lipinski definition) is 2. The molecule has 2 rings (SSSR count).